The van der Waals surface area contributed by atoms with Crippen molar-refractivity contribution < 1.29 is 0 Å². The van der Waals surface area contributed by atoms with E-state index < -0.39 is 0 Å². The van der Waals surface area contributed by atoms with E-state index in [2.05, 4.69) is 158 Å². The Balaban J connectivity index is 1.27. The van der Waals surface area contributed by atoms with E-state index in [-0.39, 0.29) is 0 Å². The first-order valence-corrected chi connectivity index (χ1v) is 17.7. The Bertz CT molecular complexity index is 2850. The van der Waals surface area contributed by atoms with Crippen molar-refractivity contribution in [3.8, 4) is 45.0 Å². The van der Waals surface area contributed by atoms with Crippen molar-refractivity contribution in [2.24, 2.45) is 0 Å². The van der Waals surface area contributed by atoms with Crippen LogP contribution in [0.2, 0.25) is 0 Å². The molecule has 48 heavy (non-hydrogen) atoms. The molecule has 0 aliphatic heterocycles. The highest BCUT2D eigenvalue weighted by molar-refractivity contribution is 7.26. The van der Waals surface area contributed by atoms with E-state index in [1.54, 1.807) is 0 Å². The van der Waals surface area contributed by atoms with Gasteiger partial charge in [-0.25, -0.2) is 9.97 Å². The standard InChI is InChI=1S/C44H26N2S2/c1-2-10-27(11-3-1)32-24-36(43-34-15-7-9-17-40(34)48-42(43)25-32)38-26-37(30-20-21-41-35(23-30)33-14-6-8-16-39(33)47-41)45-44(46-38)31-19-18-28-12-4-5-13-29(28)22-31/h1-26H. The number of aromatic nitrogens is 2. The van der Waals surface area contributed by atoms with Crippen LogP contribution in [-0.4, -0.2) is 9.97 Å². The lowest BCUT2D eigenvalue weighted by molar-refractivity contribution is 1.19. The number of hydrogen-bond acceptors (Lipinski definition) is 4. The highest BCUT2D eigenvalue weighted by atomic mass is 32.1. The second-order valence-corrected chi connectivity index (χ2v) is 14.4. The highest BCUT2D eigenvalue weighted by Gasteiger charge is 2.18. The van der Waals surface area contributed by atoms with E-state index in [0.29, 0.717) is 0 Å². The Labute approximate surface area is 285 Å². The molecule has 0 saturated carbocycles. The molecule has 0 aliphatic rings. The Hall–Kier alpha value is -5.68. The molecule has 3 heterocycles. The molecule has 10 rings (SSSR count). The van der Waals surface area contributed by atoms with Gasteiger partial charge in [0.15, 0.2) is 5.82 Å². The summed E-state index contributed by atoms with van der Waals surface area (Å²) in [5, 5.41) is 7.42. The number of fused-ring (bicyclic) bond motifs is 7. The Morgan fingerprint density at radius 1 is 0.354 bits per heavy atom. The minimum atomic E-state index is 0.723. The highest BCUT2D eigenvalue weighted by Crippen LogP contribution is 2.44. The van der Waals surface area contributed by atoms with Crippen LogP contribution < -0.4 is 0 Å². The summed E-state index contributed by atoms with van der Waals surface area (Å²) in [6.45, 7) is 0. The van der Waals surface area contributed by atoms with Crippen LogP contribution in [0.3, 0.4) is 0 Å². The van der Waals surface area contributed by atoms with Crippen LogP contribution in [0.4, 0.5) is 0 Å². The Morgan fingerprint density at radius 3 is 1.90 bits per heavy atom. The molecule has 224 valence electrons. The molecule has 0 unspecified atom stereocenters. The lowest BCUT2D eigenvalue weighted by Crippen LogP contribution is -1.97. The summed E-state index contributed by atoms with van der Waals surface area (Å²) in [6.07, 6.45) is 0. The van der Waals surface area contributed by atoms with Crippen LogP contribution in [0.25, 0.3) is 96.1 Å². The van der Waals surface area contributed by atoms with Crippen molar-refractivity contribution in [2.75, 3.05) is 0 Å². The van der Waals surface area contributed by atoms with Gasteiger partial charge in [-0.3, -0.25) is 0 Å². The molecule has 10 aromatic rings. The quantitative estimate of drug-likeness (QED) is 0.190. The van der Waals surface area contributed by atoms with Crippen molar-refractivity contribution in [1.82, 2.24) is 9.97 Å². The van der Waals surface area contributed by atoms with Crippen molar-refractivity contribution in [3.63, 3.8) is 0 Å². The Morgan fingerprint density at radius 2 is 1.02 bits per heavy atom. The monoisotopic (exact) mass is 646 g/mol. The molecule has 0 bridgehead atoms. The number of hydrogen-bond donors (Lipinski definition) is 0. The third-order valence-electron chi connectivity index (χ3n) is 9.27. The van der Waals surface area contributed by atoms with Gasteiger partial charge in [-0.15, -0.1) is 22.7 Å². The zero-order valence-corrected chi connectivity index (χ0v) is 27.4. The zero-order valence-electron chi connectivity index (χ0n) is 25.7. The summed E-state index contributed by atoms with van der Waals surface area (Å²) < 4.78 is 5.12. The second kappa shape index (κ2) is 11.0. The summed E-state index contributed by atoms with van der Waals surface area (Å²) in [7, 11) is 0. The van der Waals surface area contributed by atoms with Crippen LogP contribution >= 0.6 is 22.7 Å². The van der Waals surface area contributed by atoms with Gasteiger partial charge >= 0.3 is 0 Å². The fraction of sp³-hybridized carbons (Fsp3) is 0. The maximum absolute atomic E-state index is 5.38. The van der Waals surface area contributed by atoms with Crippen molar-refractivity contribution in [3.05, 3.63) is 158 Å². The first kappa shape index (κ1) is 27.4. The third-order valence-corrected chi connectivity index (χ3v) is 11.5. The molecule has 0 spiro atoms. The first-order valence-electron chi connectivity index (χ1n) is 16.1. The van der Waals surface area contributed by atoms with E-state index in [9.17, 15) is 0 Å². The normalized spacial score (nSPS) is 11.8. The third kappa shape index (κ3) is 4.53. The average Bonchev–Trinajstić information content (AvgIpc) is 3.72. The van der Waals surface area contributed by atoms with Gasteiger partial charge < -0.3 is 0 Å². The molecule has 0 N–H and O–H groups in total. The molecular weight excluding hydrogens is 621 g/mol. The van der Waals surface area contributed by atoms with Gasteiger partial charge in [0.25, 0.3) is 0 Å². The van der Waals surface area contributed by atoms with Crippen LogP contribution in [-0.2, 0) is 0 Å². The molecule has 0 aliphatic carbocycles. The second-order valence-electron chi connectivity index (χ2n) is 12.2. The van der Waals surface area contributed by atoms with Crippen molar-refractivity contribution in [2.45, 2.75) is 0 Å². The van der Waals surface area contributed by atoms with E-state index in [4.69, 9.17) is 9.97 Å². The molecule has 2 nitrogen and oxygen atoms in total. The predicted octanol–water partition coefficient (Wildman–Crippen LogP) is 13.0. The van der Waals surface area contributed by atoms with E-state index in [1.165, 1.54) is 62.2 Å². The minimum absolute atomic E-state index is 0.723. The topological polar surface area (TPSA) is 25.8 Å². The van der Waals surface area contributed by atoms with Gasteiger partial charge in [0.05, 0.1) is 11.4 Å². The van der Waals surface area contributed by atoms with Crippen LogP contribution in [0, 0.1) is 0 Å². The average molecular weight is 647 g/mol. The minimum Gasteiger partial charge on any atom is -0.228 e. The maximum atomic E-state index is 5.38. The summed E-state index contributed by atoms with van der Waals surface area (Å²) in [5.74, 6) is 0.723. The number of benzene rings is 7. The SMILES string of the molecule is c1ccc(-c2cc(-c3cc(-c4ccc5sc6ccccc6c5c4)nc(-c4ccc5ccccc5c4)n3)c3c(c2)sc2ccccc23)cc1. The molecule has 0 amide bonds. The summed E-state index contributed by atoms with van der Waals surface area (Å²) in [5.41, 5.74) is 7.42. The predicted molar refractivity (Wildman–Crippen MR) is 207 cm³/mol. The fourth-order valence-electron chi connectivity index (χ4n) is 6.93. The van der Waals surface area contributed by atoms with Gasteiger partial charge in [-0.05, 0) is 70.4 Å². The first-order chi connectivity index (χ1) is 23.7. The molecule has 7 aromatic carbocycles. The van der Waals surface area contributed by atoms with Crippen molar-refractivity contribution in [1.29, 1.82) is 0 Å². The lowest BCUT2D eigenvalue weighted by atomic mass is 9.96. The molecule has 0 radical (unpaired) electrons. The van der Waals surface area contributed by atoms with Crippen LogP contribution in [0.1, 0.15) is 0 Å². The van der Waals surface area contributed by atoms with E-state index in [1.807, 2.05) is 22.7 Å². The van der Waals surface area contributed by atoms with Gasteiger partial charge in [-0.1, -0.05) is 109 Å². The summed E-state index contributed by atoms with van der Waals surface area (Å²) in [6, 6.07) is 56.6. The molecular formula is C44H26N2S2. The largest absolute Gasteiger partial charge is 0.228 e. The van der Waals surface area contributed by atoms with Crippen LogP contribution in [0.15, 0.2) is 158 Å². The maximum Gasteiger partial charge on any atom is 0.160 e. The summed E-state index contributed by atoms with van der Waals surface area (Å²) in [4.78, 5) is 10.7. The number of thiophene rings is 2. The van der Waals surface area contributed by atoms with Crippen molar-refractivity contribution >= 4 is 73.8 Å². The molecule has 4 heteroatoms. The Kier molecular flexibility index (Phi) is 6.26. The summed E-state index contributed by atoms with van der Waals surface area (Å²) >= 11 is 3.68. The van der Waals surface area contributed by atoms with Gasteiger partial charge in [-0.2, -0.15) is 0 Å². The van der Waals surface area contributed by atoms with Gasteiger partial charge in [0.1, 0.15) is 0 Å². The number of rotatable bonds is 4. The lowest BCUT2D eigenvalue weighted by Gasteiger charge is -2.13. The van der Waals surface area contributed by atoms with Crippen LogP contribution in [0.5, 0.6) is 0 Å². The molecule has 0 saturated heterocycles. The zero-order chi connectivity index (χ0) is 31.6. The smallest absolute Gasteiger partial charge is 0.160 e. The molecule has 3 aromatic heterocycles. The van der Waals surface area contributed by atoms with Gasteiger partial charge in [0.2, 0.25) is 0 Å². The fourth-order valence-corrected chi connectivity index (χ4v) is 9.19. The van der Waals surface area contributed by atoms with E-state index in [0.717, 1.165) is 33.9 Å². The molecule has 0 fully saturated rings. The van der Waals surface area contributed by atoms with E-state index >= 15 is 0 Å². The molecule has 0 atom stereocenters. The number of nitrogens with zero attached hydrogens (tertiary/aromatic N) is 2. The van der Waals surface area contributed by atoms with Gasteiger partial charge in [0, 0.05) is 57.0 Å².